The number of primary amides is 1. The summed E-state index contributed by atoms with van der Waals surface area (Å²) < 4.78 is 13.8. The Morgan fingerprint density at radius 1 is 1.35 bits per heavy atom. The molecule has 0 saturated carbocycles. The number of rotatable bonds is 4. The molecule has 0 atom stereocenters. The molecule has 1 fully saturated rings. The zero-order valence-electron chi connectivity index (χ0n) is 11.0. The van der Waals surface area contributed by atoms with Crippen molar-refractivity contribution < 1.29 is 19.1 Å². The van der Waals surface area contributed by atoms with Crippen LogP contribution in [0.1, 0.15) is 28.8 Å². The molecule has 5 nitrogen and oxygen atoms in total. The van der Waals surface area contributed by atoms with E-state index >= 15 is 0 Å². The van der Waals surface area contributed by atoms with Gasteiger partial charge in [-0.05, 0) is 38.1 Å². The summed E-state index contributed by atoms with van der Waals surface area (Å²) in [4.78, 5) is 23.8. The molecule has 0 radical (unpaired) electrons. The second kappa shape index (κ2) is 6.00. The summed E-state index contributed by atoms with van der Waals surface area (Å²) in [5, 5.41) is 8.92. The number of likely N-dealkylation sites (tertiary alicyclic amines) is 1. The van der Waals surface area contributed by atoms with Crippen molar-refractivity contribution in [3.05, 3.63) is 35.1 Å². The van der Waals surface area contributed by atoms with E-state index in [1.807, 2.05) is 4.90 Å². The average molecular weight is 280 g/mol. The molecule has 3 N–H and O–H groups in total. The molecule has 2 rings (SSSR count). The largest absolute Gasteiger partial charge is 0.481 e. The Hall–Kier alpha value is -1.95. The molecule has 1 amide bonds. The number of amides is 1. The minimum atomic E-state index is -0.762. The summed E-state index contributed by atoms with van der Waals surface area (Å²) in [7, 11) is 0. The highest BCUT2D eigenvalue weighted by molar-refractivity contribution is 5.92. The van der Waals surface area contributed by atoms with Gasteiger partial charge in [-0.25, -0.2) is 4.39 Å². The van der Waals surface area contributed by atoms with E-state index in [4.69, 9.17) is 10.8 Å². The number of hydrogen-bond donors (Lipinski definition) is 2. The van der Waals surface area contributed by atoms with Crippen LogP contribution in [0.5, 0.6) is 0 Å². The van der Waals surface area contributed by atoms with Gasteiger partial charge in [0.25, 0.3) is 0 Å². The first kappa shape index (κ1) is 14.5. The summed E-state index contributed by atoms with van der Waals surface area (Å²) in [5.74, 6) is -2.17. The average Bonchev–Trinajstić information content (AvgIpc) is 2.41. The Bertz CT molecular complexity index is 525. The first-order chi connectivity index (χ1) is 9.47. The van der Waals surface area contributed by atoms with E-state index in [-0.39, 0.29) is 11.5 Å². The van der Waals surface area contributed by atoms with E-state index in [1.165, 1.54) is 6.07 Å². The van der Waals surface area contributed by atoms with E-state index in [9.17, 15) is 14.0 Å². The number of nitrogens with two attached hydrogens (primary N) is 1. The minimum absolute atomic E-state index is 0.149. The lowest BCUT2D eigenvalue weighted by atomic mass is 9.96. The molecule has 108 valence electrons. The Morgan fingerprint density at radius 2 is 2.00 bits per heavy atom. The molecule has 1 aromatic carbocycles. The predicted molar refractivity (Wildman–Crippen MR) is 70.6 cm³/mol. The van der Waals surface area contributed by atoms with Crippen molar-refractivity contribution in [2.45, 2.75) is 19.4 Å². The number of halogens is 1. The van der Waals surface area contributed by atoms with E-state index < -0.39 is 17.7 Å². The lowest BCUT2D eigenvalue weighted by Crippen LogP contribution is -2.36. The molecule has 1 aromatic rings. The van der Waals surface area contributed by atoms with Crippen LogP contribution in [0.25, 0.3) is 0 Å². The highest BCUT2D eigenvalue weighted by Gasteiger charge is 2.24. The van der Waals surface area contributed by atoms with Crippen LogP contribution in [-0.4, -0.2) is 35.0 Å². The van der Waals surface area contributed by atoms with E-state index in [1.54, 1.807) is 6.07 Å². The van der Waals surface area contributed by atoms with Gasteiger partial charge in [0.05, 0.1) is 5.92 Å². The van der Waals surface area contributed by atoms with Gasteiger partial charge >= 0.3 is 5.97 Å². The van der Waals surface area contributed by atoms with Gasteiger partial charge < -0.3 is 10.8 Å². The molecule has 6 heteroatoms. The van der Waals surface area contributed by atoms with Crippen LogP contribution in [0.15, 0.2) is 18.2 Å². The van der Waals surface area contributed by atoms with Crippen LogP contribution in [0, 0.1) is 11.7 Å². The fraction of sp³-hybridized carbons (Fsp3) is 0.429. The molecule has 1 heterocycles. The van der Waals surface area contributed by atoms with Gasteiger partial charge in [-0.15, -0.1) is 0 Å². The monoisotopic (exact) mass is 280 g/mol. The number of piperidine rings is 1. The molecule has 1 saturated heterocycles. The Labute approximate surface area is 116 Å². The van der Waals surface area contributed by atoms with Crippen molar-refractivity contribution >= 4 is 11.9 Å². The first-order valence-electron chi connectivity index (χ1n) is 6.50. The minimum Gasteiger partial charge on any atom is -0.481 e. The lowest BCUT2D eigenvalue weighted by Gasteiger charge is -2.30. The van der Waals surface area contributed by atoms with Gasteiger partial charge in [0.15, 0.2) is 0 Å². The van der Waals surface area contributed by atoms with Crippen molar-refractivity contribution in [2.24, 2.45) is 11.7 Å². The lowest BCUT2D eigenvalue weighted by molar-refractivity contribution is -0.143. The van der Waals surface area contributed by atoms with E-state index in [2.05, 4.69) is 0 Å². The second-order valence-corrected chi connectivity index (χ2v) is 5.06. The second-order valence-electron chi connectivity index (χ2n) is 5.06. The fourth-order valence-electron chi connectivity index (χ4n) is 2.41. The van der Waals surface area contributed by atoms with Crippen LogP contribution in [-0.2, 0) is 11.3 Å². The number of hydrogen-bond acceptors (Lipinski definition) is 3. The molecular formula is C14H17FN2O3. The van der Waals surface area contributed by atoms with E-state index in [0.717, 1.165) is 6.07 Å². The molecule has 20 heavy (non-hydrogen) atoms. The standard InChI is InChI=1S/C14H17FN2O3/c15-12-7-10(13(16)18)1-2-11(12)8-17-5-3-9(4-6-17)14(19)20/h1-2,7,9H,3-6,8H2,(H2,16,18)(H,19,20). The maximum atomic E-state index is 13.8. The van der Waals surface area contributed by atoms with Crippen LogP contribution in [0.2, 0.25) is 0 Å². The third kappa shape index (κ3) is 3.33. The van der Waals surface area contributed by atoms with Gasteiger partial charge in [0, 0.05) is 17.7 Å². The number of carboxylic acids is 1. The highest BCUT2D eigenvalue weighted by Crippen LogP contribution is 2.20. The SMILES string of the molecule is NC(=O)c1ccc(CN2CCC(C(=O)O)CC2)c(F)c1. The third-order valence-electron chi connectivity index (χ3n) is 3.67. The number of aliphatic carboxylic acids is 1. The zero-order chi connectivity index (χ0) is 14.7. The Balaban J connectivity index is 1.98. The molecular weight excluding hydrogens is 263 g/mol. The van der Waals surface area contributed by atoms with Crippen LogP contribution in [0.3, 0.4) is 0 Å². The zero-order valence-corrected chi connectivity index (χ0v) is 11.0. The van der Waals surface area contributed by atoms with Gasteiger partial charge in [0.2, 0.25) is 5.91 Å². The van der Waals surface area contributed by atoms with Crippen molar-refractivity contribution in [2.75, 3.05) is 13.1 Å². The van der Waals surface area contributed by atoms with Crippen LogP contribution < -0.4 is 5.73 Å². The smallest absolute Gasteiger partial charge is 0.306 e. The Kier molecular flexibility index (Phi) is 4.34. The normalized spacial score (nSPS) is 17.1. The summed E-state index contributed by atoms with van der Waals surface area (Å²) in [6, 6.07) is 4.20. The van der Waals surface area contributed by atoms with Crippen LogP contribution >= 0.6 is 0 Å². The topological polar surface area (TPSA) is 83.6 Å². The number of benzene rings is 1. The summed E-state index contributed by atoms with van der Waals surface area (Å²) in [6.07, 6.45) is 1.16. The number of nitrogens with zero attached hydrogens (tertiary/aromatic N) is 1. The van der Waals surface area contributed by atoms with Crippen molar-refractivity contribution in [1.29, 1.82) is 0 Å². The van der Waals surface area contributed by atoms with Gasteiger partial charge in [-0.2, -0.15) is 0 Å². The number of carboxylic acid groups (broad SMARTS) is 1. The quantitative estimate of drug-likeness (QED) is 0.868. The summed E-state index contributed by atoms with van der Waals surface area (Å²) >= 11 is 0. The molecule has 0 aliphatic carbocycles. The van der Waals surface area contributed by atoms with Crippen LogP contribution in [0.4, 0.5) is 4.39 Å². The van der Waals surface area contributed by atoms with Gasteiger partial charge in [-0.3, -0.25) is 14.5 Å². The van der Waals surface area contributed by atoms with E-state index in [0.29, 0.717) is 38.0 Å². The molecule has 1 aliphatic heterocycles. The molecule has 0 unspecified atom stereocenters. The Morgan fingerprint density at radius 3 is 2.50 bits per heavy atom. The summed E-state index contributed by atoms with van der Waals surface area (Å²) in [5.41, 5.74) is 5.73. The van der Waals surface area contributed by atoms with Gasteiger partial charge in [0.1, 0.15) is 5.82 Å². The highest BCUT2D eigenvalue weighted by atomic mass is 19.1. The maximum Gasteiger partial charge on any atom is 0.306 e. The molecule has 0 spiro atoms. The first-order valence-corrected chi connectivity index (χ1v) is 6.50. The third-order valence-corrected chi connectivity index (χ3v) is 3.67. The van der Waals surface area contributed by atoms with Crippen molar-refractivity contribution in [3.63, 3.8) is 0 Å². The fourth-order valence-corrected chi connectivity index (χ4v) is 2.41. The molecule has 1 aliphatic rings. The summed E-state index contributed by atoms with van der Waals surface area (Å²) in [6.45, 7) is 1.68. The number of carbonyl (C=O) groups is 2. The maximum absolute atomic E-state index is 13.8. The van der Waals surface area contributed by atoms with Crippen molar-refractivity contribution in [3.8, 4) is 0 Å². The van der Waals surface area contributed by atoms with Crippen molar-refractivity contribution in [1.82, 2.24) is 4.90 Å². The van der Waals surface area contributed by atoms with Gasteiger partial charge in [-0.1, -0.05) is 6.07 Å². The predicted octanol–water partition coefficient (Wildman–Crippen LogP) is 1.22. The number of carbonyl (C=O) groups excluding carboxylic acids is 1. The molecule has 0 aromatic heterocycles. The molecule has 0 bridgehead atoms.